The summed E-state index contributed by atoms with van der Waals surface area (Å²) in [5.74, 6) is 0. The van der Waals surface area contributed by atoms with E-state index in [2.05, 4.69) is 31.7 Å². The normalized spacial score (nSPS) is 25.2. The first-order valence-electron chi connectivity index (χ1n) is 6.18. The van der Waals surface area contributed by atoms with Crippen molar-refractivity contribution in [3.05, 3.63) is 35.9 Å². The molecule has 1 unspecified atom stereocenters. The molecule has 5 heteroatoms. The highest BCUT2D eigenvalue weighted by Crippen LogP contribution is 2.10. The highest BCUT2D eigenvalue weighted by atomic mass is 29.7. The van der Waals surface area contributed by atoms with Crippen LogP contribution in [0.25, 0.3) is 6.08 Å². The largest absolute Gasteiger partial charge is 0.432 e. The predicted molar refractivity (Wildman–Crippen MR) is 84.3 cm³/mol. The zero-order valence-electron chi connectivity index (χ0n) is 10.0. The molecule has 0 aromatic heterocycles. The Hall–Kier alpha value is -0.212. The Kier molecular flexibility index (Phi) is 4.53. The van der Waals surface area contributed by atoms with Gasteiger partial charge in [-0.2, -0.15) is 0 Å². The van der Waals surface area contributed by atoms with Crippen LogP contribution in [-0.2, 0) is 10.8 Å². The Morgan fingerprint density at radius 3 is 3.06 bits per heavy atom. The molecule has 1 heterocycles. The van der Waals surface area contributed by atoms with Gasteiger partial charge in [-0.3, -0.25) is 0 Å². The number of hydrogen-bond donors (Lipinski definition) is 0. The highest BCUT2D eigenvalue weighted by molar-refractivity contribution is 7.51. The lowest BCUT2D eigenvalue weighted by Gasteiger charge is -2.23. The Morgan fingerprint density at radius 1 is 1.56 bits per heavy atom. The molecule has 1 aliphatic rings. The molecule has 1 aromatic carbocycles. The van der Waals surface area contributed by atoms with Crippen molar-refractivity contribution in [2.75, 3.05) is 6.23 Å². The van der Waals surface area contributed by atoms with Crippen LogP contribution in [0.5, 0.6) is 0 Å². The van der Waals surface area contributed by atoms with E-state index in [9.17, 15) is 0 Å². The number of benzene rings is 1. The maximum absolute atomic E-state index is 5.88. The van der Waals surface area contributed by atoms with Crippen molar-refractivity contribution in [3.8, 4) is 0 Å². The SMILES string of the molecule is C=Cc1cccc([SiH]2CO[SiH2][SiH2][SiH2]2)c1CC. The molecule has 1 saturated heterocycles. The van der Waals surface area contributed by atoms with Crippen LogP contribution < -0.4 is 5.19 Å². The molecule has 0 bridgehead atoms. The second-order valence-corrected chi connectivity index (χ2v) is 28.4. The third kappa shape index (κ3) is 2.54. The highest BCUT2D eigenvalue weighted by Gasteiger charge is 2.21. The van der Waals surface area contributed by atoms with E-state index in [1.807, 2.05) is 6.08 Å². The topological polar surface area (TPSA) is 9.23 Å². The minimum atomic E-state index is -0.618. The van der Waals surface area contributed by atoms with Crippen molar-refractivity contribution in [1.82, 2.24) is 0 Å². The second-order valence-electron chi connectivity index (χ2n) is 4.39. The van der Waals surface area contributed by atoms with Crippen LogP contribution >= 0.6 is 0 Å². The summed E-state index contributed by atoms with van der Waals surface area (Å²) in [6.07, 6.45) is 4.36. The number of hydrogen-bond acceptors (Lipinski definition) is 1. The first-order chi connectivity index (χ1) is 7.86. The molecule has 1 fully saturated rings. The van der Waals surface area contributed by atoms with Crippen LogP contribution in [-0.4, -0.2) is 40.9 Å². The van der Waals surface area contributed by atoms with Crippen molar-refractivity contribution in [2.45, 2.75) is 13.3 Å². The molecule has 0 radical (unpaired) electrons. The Balaban J connectivity index is 2.34. The fourth-order valence-electron chi connectivity index (χ4n) is 2.59. The molecule has 86 valence electrons. The lowest BCUT2D eigenvalue weighted by atomic mass is 10.1. The molecular weight excluding hydrogens is 260 g/mol. The summed E-state index contributed by atoms with van der Waals surface area (Å²) in [7, 11) is 0.152. The van der Waals surface area contributed by atoms with Crippen molar-refractivity contribution < 1.29 is 4.43 Å². The summed E-state index contributed by atoms with van der Waals surface area (Å²) in [5, 5.41) is 1.73. The summed E-state index contributed by atoms with van der Waals surface area (Å²) in [4.78, 5) is 0. The molecule has 1 aliphatic heterocycles. The minimum absolute atomic E-state index is 0.0535. The lowest BCUT2D eigenvalue weighted by Crippen LogP contribution is -2.51. The van der Waals surface area contributed by atoms with E-state index in [-0.39, 0.29) is 9.28 Å². The average molecular weight is 281 g/mol. The Morgan fingerprint density at radius 2 is 2.44 bits per heavy atom. The van der Waals surface area contributed by atoms with Gasteiger partial charge < -0.3 is 4.43 Å². The third-order valence-corrected chi connectivity index (χ3v) is 38.5. The van der Waals surface area contributed by atoms with Gasteiger partial charge in [0.25, 0.3) is 0 Å². The summed E-state index contributed by atoms with van der Waals surface area (Å²) in [6, 6.07) is 6.82. The standard InChI is InChI=1S/C11H20OSi4/c1-3-9-6-5-7-11(10(9)4-2)16-8-12-13-14-15-16/h3,5-7,16H,1,4,8,13-15H2,2H3. The van der Waals surface area contributed by atoms with Gasteiger partial charge in [0.1, 0.15) is 9.28 Å². The van der Waals surface area contributed by atoms with Gasteiger partial charge in [0, 0.05) is 23.3 Å². The quantitative estimate of drug-likeness (QED) is 0.622. The monoisotopic (exact) mass is 280 g/mol. The molecule has 16 heavy (non-hydrogen) atoms. The van der Waals surface area contributed by atoms with Crippen molar-refractivity contribution in [3.63, 3.8) is 0 Å². The first kappa shape index (κ1) is 12.2. The van der Waals surface area contributed by atoms with Gasteiger partial charge in [-0.1, -0.05) is 43.0 Å². The number of rotatable bonds is 3. The van der Waals surface area contributed by atoms with E-state index in [0.29, 0.717) is 17.1 Å². The summed E-state index contributed by atoms with van der Waals surface area (Å²) in [6.45, 7) is 6.21. The fourth-order valence-corrected chi connectivity index (χ4v) is 45.2. The van der Waals surface area contributed by atoms with E-state index >= 15 is 0 Å². The van der Waals surface area contributed by atoms with Crippen molar-refractivity contribution in [2.24, 2.45) is 0 Å². The van der Waals surface area contributed by atoms with E-state index in [1.165, 1.54) is 11.8 Å². The van der Waals surface area contributed by atoms with Gasteiger partial charge in [-0.05, 0) is 17.5 Å². The van der Waals surface area contributed by atoms with Crippen LogP contribution in [0, 0.1) is 0 Å². The van der Waals surface area contributed by atoms with Crippen LogP contribution in [0.15, 0.2) is 24.8 Å². The molecule has 0 saturated carbocycles. The Labute approximate surface area is 106 Å². The van der Waals surface area contributed by atoms with Crippen LogP contribution in [0.4, 0.5) is 0 Å². The zero-order valence-corrected chi connectivity index (χ0v) is 15.4. The average Bonchev–Trinajstić information content (AvgIpc) is 2.38. The van der Waals surface area contributed by atoms with Crippen molar-refractivity contribution in [1.29, 1.82) is 0 Å². The smallest absolute Gasteiger partial charge is 0.139 e. The fraction of sp³-hybridized carbons (Fsp3) is 0.273. The molecule has 1 atom stereocenters. The molecule has 0 spiro atoms. The summed E-state index contributed by atoms with van der Waals surface area (Å²) < 4.78 is 5.88. The second kappa shape index (κ2) is 5.92. The van der Waals surface area contributed by atoms with Crippen LogP contribution in [0.3, 0.4) is 0 Å². The van der Waals surface area contributed by atoms with Gasteiger partial charge >= 0.3 is 0 Å². The first-order valence-corrected chi connectivity index (χ1v) is 19.4. The summed E-state index contributed by atoms with van der Waals surface area (Å²) in [5.41, 5.74) is 2.95. The van der Waals surface area contributed by atoms with E-state index < -0.39 is 8.31 Å². The maximum Gasteiger partial charge on any atom is 0.139 e. The zero-order chi connectivity index (χ0) is 11.4. The maximum atomic E-state index is 5.88. The van der Waals surface area contributed by atoms with E-state index in [0.717, 1.165) is 6.42 Å². The Bertz CT molecular complexity index is 374. The van der Waals surface area contributed by atoms with E-state index in [1.54, 1.807) is 10.8 Å². The van der Waals surface area contributed by atoms with Gasteiger partial charge in [0.05, 0.1) is 8.31 Å². The van der Waals surface area contributed by atoms with Gasteiger partial charge in [0.15, 0.2) is 0 Å². The molecule has 1 nitrogen and oxygen atoms in total. The van der Waals surface area contributed by atoms with Gasteiger partial charge in [0.2, 0.25) is 0 Å². The summed E-state index contributed by atoms with van der Waals surface area (Å²) >= 11 is 0. The van der Waals surface area contributed by atoms with Gasteiger partial charge in [-0.25, -0.2) is 0 Å². The lowest BCUT2D eigenvalue weighted by molar-refractivity contribution is 0.419. The molecule has 0 aliphatic carbocycles. The predicted octanol–water partition coefficient (Wildman–Crippen LogP) is -1.36. The van der Waals surface area contributed by atoms with Crippen LogP contribution in [0.2, 0.25) is 0 Å². The van der Waals surface area contributed by atoms with Gasteiger partial charge in [-0.15, -0.1) is 0 Å². The van der Waals surface area contributed by atoms with E-state index in [4.69, 9.17) is 4.43 Å². The molecule has 2 rings (SSSR count). The molecular formula is C11H20OSi4. The third-order valence-electron chi connectivity index (χ3n) is 3.42. The van der Waals surface area contributed by atoms with Crippen molar-refractivity contribution >= 4 is 46.0 Å². The van der Waals surface area contributed by atoms with Crippen LogP contribution in [0.1, 0.15) is 18.1 Å². The molecule has 0 N–H and O–H groups in total. The molecule has 1 aromatic rings. The molecule has 0 amide bonds. The minimum Gasteiger partial charge on any atom is -0.432 e.